The molecule has 0 aliphatic carbocycles. The summed E-state index contributed by atoms with van der Waals surface area (Å²) in [7, 11) is -1.86. The number of hydrogen-bond donors (Lipinski definition) is 2. The minimum atomic E-state index is -1.86. The molecule has 0 aliphatic rings. The van der Waals surface area contributed by atoms with Gasteiger partial charge in [0.25, 0.3) is 5.69 Å². The molecule has 0 fully saturated rings. The van der Waals surface area contributed by atoms with E-state index in [1.165, 1.54) is 18.2 Å². The number of carboxylic acid groups (broad SMARTS) is 1. The van der Waals surface area contributed by atoms with Gasteiger partial charge in [0.15, 0.2) is 0 Å². The molecule has 0 radical (unpaired) electrons. The van der Waals surface area contributed by atoms with E-state index < -0.39 is 30.9 Å². The lowest BCUT2D eigenvalue weighted by Gasteiger charge is -2.31. The van der Waals surface area contributed by atoms with Crippen molar-refractivity contribution in [1.29, 1.82) is 0 Å². The number of benzene rings is 1. The number of non-ortho nitro benzene ring substituents is 1. The Morgan fingerprint density at radius 3 is 2.48 bits per heavy atom. The van der Waals surface area contributed by atoms with Gasteiger partial charge in [0.2, 0.25) is 5.91 Å². The predicted molar refractivity (Wildman–Crippen MR) is 106 cm³/mol. The lowest BCUT2D eigenvalue weighted by molar-refractivity contribution is -0.384. The SMILES string of the molecule is CC(C)(C)[Si](C)(C)C#CC[C@@H](NC(=O)Cc1cccc([N+](=O)[O-])c1)C(=O)O. The molecule has 2 N–H and O–H groups in total. The maximum absolute atomic E-state index is 12.1. The fourth-order valence-corrected chi connectivity index (χ4v) is 2.89. The molecule has 1 amide bonds. The van der Waals surface area contributed by atoms with Crippen molar-refractivity contribution < 1.29 is 19.6 Å². The molecule has 0 spiro atoms. The lowest BCUT2D eigenvalue weighted by Crippen LogP contribution is -2.41. The molecule has 0 unspecified atom stereocenters. The molecule has 1 aromatic carbocycles. The van der Waals surface area contributed by atoms with E-state index in [0.717, 1.165) is 0 Å². The maximum atomic E-state index is 12.1. The zero-order valence-electron chi connectivity index (χ0n) is 16.3. The summed E-state index contributed by atoms with van der Waals surface area (Å²) >= 11 is 0. The van der Waals surface area contributed by atoms with Crippen LogP contribution in [0.2, 0.25) is 18.1 Å². The molecular formula is C19H26N2O5Si. The van der Waals surface area contributed by atoms with Crippen LogP contribution in [0.1, 0.15) is 32.8 Å². The van der Waals surface area contributed by atoms with Crippen LogP contribution in [0.15, 0.2) is 24.3 Å². The number of hydrogen-bond acceptors (Lipinski definition) is 4. The van der Waals surface area contributed by atoms with Crippen LogP contribution in [0, 0.1) is 21.6 Å². The molecule has 0 saturated carbocycles. The van der Waals surface area contributed by atoms with Crippen molar-refractivity contribution in [2.75, 3.05) is 0 Å². The molecule has 0 heterocycles. The highest BCUT2D eigenvalue weighted by molar-refractivity contribution is 6.87. The summed E-state index contributed by atoms with van der Waals surface area (Å²) in [6, 6.07) is 4.58. The standard InChI is InChI=1S/C19H26N2O5Si/c1-19(2,3)27(4,5)11-7-10-16(18(23)24)20-17(22)13-14-8-6-9-15(12-14)21(25)26/h6,8-9,12,16H,10,13H2,1-5H3,(H,20,22)(H,23,24)/t16-/m1/s1. The topological polar surface area (TPSA) is 110 Å². The van der Waals surface area contributed by atoms with Crippen molar-refractivity contribution in [2.24, 2.45) is 0 Å². The van der Waals surface area contributed by atoms with Gasteiger partial charge in [-0.1, -0.05) is 46.0 Å². The number of nitro groups is 1. The van der Waals surface area contributed by atoms with Crippen LogP contribution in [0.25, 0.3) is 0 Å². The monoisotopic (exact) mass is 390 g/mol. The van der Waals surface area contributed by atoms with Crippen molar-refractivity contribution in [2.45, 2.75) is 57.8 Å². The van der Waals surface area contributed by atoms with Gasteiger partial charge in [-0.15, -0.1) is 11.5 Å². The number of amides is 1. The van der Waals surface area contributed by atoms with Gasteiger partial charge in [-0.2, -0.15) is 0 Å². The summed E-state index contributed by atoms with van der Waals surface area (Å²) in [5, 5.41) is 22.6. The van der Waals surface area contributed by atoms with Crippen molar-refractivity contribution in [3.63, 3.8) is 0 Å². The first-order valence-corrected chi connectivity index (χ1v) is 11.6. The minimum Gasteiger partial charge on any atom is -0.480 e. The third-order valence-electron chi connectivity index (χ3n) is 4.70. The Labute approximate surface area is 160 Å². The van der Waals surface area contributed by atoms with Gasteiger partial charge < -0.3 is 10.4 Å². The molecule has 1 atom stereocenters. The van der Waals surface area contributed by atoms with E-state index in [9.17, 15) is 24.8 Å². The Kier molecular flexibility index (Phi) is 7.31. The minimum absolute atomic E-state index is 0.0164. The largest absolute Gasteiger partial charge is 0.480 e. The lowest BCUT2D eigenvalue weighted by atomic mass is 10.1. The Morgan fingerprint density at radius 2 is 1.96 bits per heavy atom. The number of nitrogens with one attached hydrogen (secondary N) is 1. The van der Waals surface area contributed by atoms with E-state index in [4.69, 9.17) is 0 Å². The molecule has 0 aromatic heterocycles. The number of aliphatic carboxylic acids is 1. The molecular weight excluding hydrogens is 364 g/mol. The van der Waals surface area contributed by atoms with Gasteiger partial charge in [0.05, 0.1) is 11.3 Å². The van der Waals surface area contributed by atoms with E-state index in [1.807, 2.05) is 0 Å². The summed E-state index contributed by atoms with van der Waals surface area (Å²) in [6.45, 7) is 10.6. The van der Waals surface area contributed by atoms with Gasteiger partial charge in [0.1, 0.15) is 14.1 Å². The summed E-state index contributed by atoms with van der Waals surface area (Å²) in [4.78, 5) is 33.8. The molecule has 1 rings (SSSR count). The first-order valence-electron chi connectivity index (χ1n) is 8.59. The fraction of sp³-hybridized carbons (Fsp3) is 0.474. The van der Waals surface area contributed by atoms with Gasteiger partial charge in [-0.3, -0.25) is 14.9 Å². The molecule has 146 valence electrons. The summed E-state index contributed by atoms with van der Waals surface area (Å²) in [5.41, 5.74) is 3.55. The Hall–Kier alpha value is -2.66. The molecule has 0 bridgehead atoms. The summed E-state index contributed by atoms with van der Waals surface area (Å²) < 4.78 is 0. The third-order valence-corrected chi connectivity index (χ3v) is 9.25. The Morgan fingerprint density at radius 1 is 1.33 bits per heavy atom. The smallest absolute Gasteiger partial charge is 0.327 e. The Balaban J connectivity index is 2.78. The summed E-state index contributed by atoms with van der Waals surface area (Å²) in [6.07, 6.45) is -0.121. The number of nitro benzene ring substituents is 1. The van der Waals surface area contributed by atoms with E-state index in [1.54, 1.807) is 6.07 Å². The zero-order valence-corrected chi connectivity index (χ0v) is 17.3. The average molecular weight is 391 g/mol. The first-order chi connectivity index (χ1) is 12.3. The van der Waals surface area contributed by atoms with Crippen LogP contribution in [-0.2, 0) is 16.0 Å². The number of nitrogens with zero attached hydrogens (tertiary/aromatic N) is 1. The highest BCUT2D eigenvalue weighted by Gasteiger charge is 2.33. The van der Waals surface area contributed by atoms with Gasteiger partial charge in [-0.25, -0.2) is 4.79 Å². The molecule has 27 heavy (non-hydrogen) atoms. The van der Waals surface area contributed by atoms with Crippen LogP contribution in [0.4, 0.5) is 5.69 Å². The van der Waals surface area contributed by atoms with Gasteiger partial charge >= 0.3 is 5.97 Å². The van der Waals surface area contributed by atoms with Crippen molar-refractivity contribution in [3.8, 4) is 11.5 Å². The molecule has 0 aliphatic heterocycles. The van der Waals surface area contributed by atoms with Gasteiger partial charge in [-0.05, 0) is 10.6 Å². The fourth-order valence-electron chi connectivity index (χ4n) is 1.97. The van der Waals surface area contributed by atoms with Crippen molar-refractivity contribution in [1.82, 2.24) is 5.32 Å². The second kappa shape index (κ2) is 8.82. The van der Waals surface area contributed by atoms with Gasteiger partial charge in [0, 0.05) is 18.6 Å². The normalized spacial score (nSPS) is 12.5. The zero-order chi connectivity index (χ0) is 20.8. The summed E-state index contributed by atoms with van der Waals surface area (Å²) in [5.74, 6) is 1.26. The van der Waals surface area contributed by atoms with Crippen molar-refractivity contribution >= 4 is 25.6 Å². The van der Waals surface area contributed by atoms with Crippen molar-refractivity contribution in [3.05, 3.63) is 39.9 Å². The maximum Gasteiger partial charge on any atom is 0.327 e. The van der Waals surface area contributed by atoms with E-state index in [2.05, 4.69) is 50.6 Å². The van der Waals surface area contributed by atoms with E-state index in [0.29, 0.717) is 5.56 Å². The molecule has 7 nitrogen and oxygen atoms in total. The third kappa shape index (κ3) is 6.87. The second-order valence-electron chi connectivity index (χ2n) is 7.94. The van der Waals surface area contributed by atoms with E-state index in [-0.39, 0.29) is 23.6 Å². The molecule has 8 heteroatoms. The second-order valence-corrected chi connectivity index (χ2v) is 12.9. The van der Waals surface area contributed by atoms with Crippen LogP contribution >= 0.6 is 0 Å². The van der Waals surface area contributed by atoms with E-state index >= 15 is 0 Å². The molecule has 0 saturated heterocycles. The Bertz CT molecular complexity index is 787. The number of carbonyl (C=O) groups excluding carboxylic acids is 1. The first kappa shape index (κ1) is 22.4. The average Bonchev–Trinajstić information content (AvgIpc) is 2.52. The predicted octanol–water partition coefficient (Wildman–Crippen LogP) is 3.15. The number of carbonyl (C=O) groups is 2. The number of rotatable bonds is 6. The van der Waals surface area contributed by atoms with Crippen LogP contribution in [0.5, 0.6) is 0 Å². The van der Waals surface area contributed by atoms with Crippen LogP contribution < -0.4 is 5.32 Å². The highest BCUT2D eigenvalue weighted by Crippen LogP contribution is 2.35. The highest BCUT2D eigenvalue weighted by atomic mass is 28.3. The quantitative estimate of drug-likeness (QED) is 0.336. The molecule has 1 aromatic rings. The number of carboxylic acids is 1. The van der Waals surface area contributed by atoms with Crippen LogP contribution in [0.3, 0.4) is 0 Å². The van der Waals surface area contributed by atoms with Crippen LogP contribution in [-0.4, -0.2) is 36.0 Å².